The minimum Gasteiger partial charge on any atom is -0.378 e. The van der Waals surface area contributed by atoms with Crippen LogP contribution in [0.5, 0.6) is 0 Å². The summed E-state index contributed by atoms with van der Waals surface area (Å²) in [5.41, 5.74) is 1.34. The summed E-state index contributed by atoms with van der Waals surface area (Å²) >= 11 is 0. The molecule has 1 N–H and O–H groups in total. The molecule has 2 aliphatic rings. The summed E-state index contributed by atoms with van der Waals surface area (Å²) in [4.78, 5) is 0. The molecule has 0 saturated carbocycles. The Labute approximate surface area is 115 Å². The van der Waals surface area contributed by atoms with Gasteiger partial charge in [0.05, 0.1) is 12.2 Å². The van der Waals surface area contributed by atoms with E-state index < -0.39 is 0 Å². The van der Waals surface area contributed by atoms with Gasteiger partial charge in [-0.1, -0.05) is 30.3 Å². The second-order valence-electron chi connectivity index (χ2n) is 5.82. The van der Waals surface area contributed by atoms with Crippen LogP contribution in [0.25, 0.3) is 0 Å². The topological polar surface area (TPSA) is 30.5 Å². The first-order valence-corrected chi connectivity index (χ1v) is 7.30. The fraction of sp³-hybridized carbons (Fsp3) is 0.625. The van der Waals surface area contributed by atoms with Crippen molar-refractivity contribution in [3.63, 3.8) is 0 Å². The summed E-state index contributed by atoms with van der Waals surface area (Å²) < 4.78 is 11.5. The van der Waals surface area contributed by atoms with Crippen molar-refractivity contribution in [3.05, 3.63) is 35.9 Å². The average Bonchev–Trinajstić information content (AvgIpc) is 2.88. The zero-order chi connectivity index (χ0) is 13.1. The standard InChI is InChI=1S/C16H23NO2/c1-13(14-5-3-2-4-6-14)17-15-7-9-19-16(11-15)8-10-18-12-16/h2-6,13,15,17H,7-12H2,1H3/t13-,15?,16?/m1/s1. The highest BCUT2D eigenvalue weighted by Gasteiger charge is 2.41. The van der Waals surface area contributed by atoms with Crippen LogP contribution in [-0.4, -0.2) is 31.5 Å². The first kappa shape index (κ1) is 13.1. The Morgan fingerprint density at radius 2 is 2.11 bits per heavy atom. The van der Waals surface area contributed by atoms with Gasteiger partial charge in [-0.15, -0.1) is 0 Å². The molecule has 2 unspecified atom stereocenters. The molecule has 19 heavy (non-hydrogen) atoms. The molecule has 0 amide bonds. The SMILES string of the molecule is C[C@@H](NC1CCOC2(CCOC2)C1)c1ccccc1. The highest BCUT2D eigenvalue weighted by molar-refractivity contribution is 5.18. The van der Waals surface area contributed by atoms with E-state index in [4.69, 9.17) is 9.47 Å². The molecule has 3 rings (SSSR count). The summed E-state index contributed by atoms with van der Waals surface area (Å²) in [5, 5.41) is 3.75. The van der Waals surface area contributed by atoms with Crippen LogP contribution < -0.4 is 5.32 Å². The molecule has 104 valence electrons. The molecule has 1 aromatic carbocycles. The fourth-order valence-electron chi connectivity index (χ4n) is 3.22. The van der Waals surface area contributed by atoms with E-state index in [-0.39, 0.29) is 5.60 Å². The Morgan fingerprint density at radius 3 is 2.84 bits per heavy atom. The largest absolute Gasteiger partial charge is 0.378 e. The van der Waals surface area contributed by atoms with Crippen LogP contribution in [0, 0.1) is 0 Å². The Balaban J connectivity index is 1.60. The minimum absolute atomic E-state index is 0.00761. The van der Waals surface area contributed by atoms with E-state index in [9.17, 15) is 0 Å². The van der Waals surface area contributed by atoms with Gasteiger partial charge >= 0.3 is 0 Å². The monoisotopic (exact) mass is 261 g/mol. The van der Waals surface area contributed by atoms with Gasteiger partial charge in [-0.05, 0) is 25.3 Å². The molecule has 1 spiro atoms. The molecule has 0 radical (unpaired) electrons. The van der Waals surface area contributed by atoms with Crippen LogP contribution in [0.1, 0.15) is 37.8 Å². The molecule has 0 bridgehead atoms. The van der Waals surface area contributed by atoms with Gasteiger partial charge in [0.1, 0.15) is 0 Å². The van der Waals surface area contributed by atoms with Crippen LogP contribution in [0.2, 0.25) is 0 Å². The maximum Gasteiger partial charge on any atom is 0.0951 e. The van der Waals surface area contributed by atoms with Crippen molar-refractivity contribution < 1.29 is 9.47 Å². The predicted molar refractivity (Wildman–Crippen MR) is 75.1 cm³/mol. The fourth-order valence-corrected chi connectivity index (χ4v) is 3.22. The molecular formula is C16H23NO2. The van der Waals surface area contributed by atoms with Gasteiger partial charge in [-0.25, -0.2) is 0 Å². The lowest BCUT2D eigenvalue weighted by Gasteiger charge is -2.38. The van der Waals surface area contributed by atoms with Crippen molar-refractivity contribution in [1.29, 1.82) is 0 Å². The number of rotatable bonds is 3. The maximum absolute atomic E-state index is 5.98. The second kappa shape index (κ2) is 5.61. The smallest absolute Gasteiger partial charge is 0.0951 e. The van der Waals surface area contributed by atoms with Gasteiger partial charge in [0.2, 0.25) is 0 Å². The van der Waals surface area contributed by atoms with E-state index in [0.717, 1.165) is 39.1 Å². The van der Waals surface area contributed by atoms with Gasteiger partial charge in [-0.3, -0.25) is 0 Å². The normalized spacial score (nSPS) is 32.6. The summed E-state index contributed by atoms with van der Waals surface area (Å²) in [6.45, 7) is 4.71. The first-order valence-electron chi connectivity index (χ1n) is 7.30. The van der Waals surface area contributed by atoms with E-state index in [2.05, 4.69) is 42.6 Å². The van der Waals surface area contributed by atoms with Crippen molar-refractivity contribution in [2.24, 2.45) is 0 Å². The van der Waals surface area contributed by atoms with E-state index in [1.165, 1.54) is 5.56 Å². The Hall–Kier alpha value is -0.900. The maximum atomic E-state index is 5.98. The minimum atomic E-state index is -0.00761. The van der Waals surface area contributed by atoms with Crippen LogP contribution in [-0.2, 0) is 9.47 Å². The molecule has 2 saturated heterocycles. The zero-order valence-electron chi connectivity index (χ0n) is 11.6. The number of ether oxygens (including phenoxy) is 2. The molecule has 3 nitrogen and oxygen atoms in total. The summed E-state index contributed by atoms with van der Waals surface area (Å²) in [5.74, 6) is 0. The zero-order valence-corrected chi connectivity index (χ0v) is 11.6. The lowest BCUT2D eigenvalue weighted by molar-refractivity contribution is -0.0902. The van der Waals surface area contributed by atoms with Crippen molar-refractivity contribution in [3.8, 4) is 0 Å². The third-order valence-electron chi connectivity index (χ3n) is 4.35. The second-order valence-corrected chi connectivity index (χ2v) is 5.82. The van der Waals surface area contributed by atoms with Gasteiger partial charge < -0.3 is 14.8 Å². The van der Waals surface area contributed by atoms with Gasteiger partial charge in [0, 0.05) is 31.7 Å². The van der Waals surface area contributed by atoms with Crippen molar-refractivity contribution in [1.82, 2.24) is 5.32 Å². The Morgan fingerprint density at radius 1 is 1.26 bits per heavy atom. The van der Waals surface area contributed by atoms with Gasteiger partial charge in [-0.2, -0.15) is 0 Å². The van der Waals surface area contributed by atoms with Crippen molar-refractivity contribution in [2.75, 3.05) is 19.8 Å². The average molecular weight is 261 g/mol. The highest BCUT2D eigenvalue weighted by atomic mass is 16.6. The molecule has 0 aliphatic carbocycles. The van der Waals surface area contributed by atoms with Gasteiger partial charge in [0.15, 0.2) is 0 Å². The van der Waals surface area contributed by atoms with Crippen molar-refractivity contribution >= 4 is 0 Å². The molecule has 3 heteroatoms. The third-order valence-corrected chi connectivity index (χ3v) is 4.35. The molecule has 1 aromatic rings. The summed E-state index contributed by atoms with van der Waals surface area (Å²) in [6, 6.07) is 11.6. The molecule has 0 aromatic heterocycles. The molecule has 3 atom stereocenters. The number of hydrogen-bond donors (Lipinski definition) is 1. The highest BCUT2D eigenvalue weighted by Crippen LogP contribution is 2.33. The molecule has 2 heterocycles. The Kier molecular flexibility index (Phi) is 3.87. The van der Waals surface area contributed by atoms with Crippen LogP contribution in [0.3, 0.4) is 0 Å². The molecular weight excluding hydrogens is 238 g/mol. The summed E-state index contributed by atoms with van der Waals surface area (Å²) in [6.07, 6.45) is 3.22. The van der Waals surface area contributed by atoms with E-state index in [1.54, 1.807) is 0 Å². The van der Waals surface area contributed by atoms with E-state index in [1.807, 2.05) is 0 Å². The van der Waals surface area contributed by atoms with Crippen molar-refractivity contribution in [2.45, 2.75) is 43.9 Å². The lowest BCUT2D eigenvalue weighted by Crippen LogP contribution is -2.48. The van der Waals surface area contributed by atoms with Gasteiger partial charge in [0.25, 0.3) is 0 Å². The molecule has 2 fully saturated rings. The first-order chi connectivity index (χ1) is 9.27. The van der Waals surface area contributed by atoms with E-state index >= 15 is 0 Å². The number of nitrogens with one attached hydrogen (secondary N) is 1. The molecule has 2 aliphatic heterocycles. The number of hydrogen-bond acceptors (Lipinski definition) is 3. The van der Waals surface area contributed by atoms with Crippen LogP contribution in [0.15, 0.2) is 30.3 Å². The van der Waals surface area contributed by atoms with Crippen LogP contribution in [0.4, 0.5) is 0 Å². The lowest BCUT2D eigenvalue weighted by atomic mass is 9.89. The van der Waals surface area contributed by atoms with E-state index in [0.29, 0.717) is 12.1 Å². The number of benzene rings is 1. The Bertz CT molecular complexity index is 400. The summed E-state index contributed by atoms with van der Waals surface area (Å²) in [7, 11) is 0. The van der Waals surface area contributed by atoms with Crippen LogP contribution >= 0.6 is 0 Å². The predicted octanol–water partition coefficient (Wildman–Crippen LogP) is 2.68. The third kappa shape index (κ3) is 2.99. The quantitative estimate of drug-likeness (QED) is 0.907.